The number of aromatic nitrogens is 1. The van der Waals surface area contributed by atoms with Crippen LogP contribution in [0.2, 0.25) is 0 Å². The van der Waals surface area contributed by atoms with Crippen molar-refractivity contribution in [1.82, 2.24) is 4.98 Å². The van der Waals surface area contributed by atoms with E-state index in [2.05, 4.69) is 4.98 Å². The summed E-state index contributed by atoms with van der Waals surface area (Å²) in [4.78, 5) is 4.16. The van der Waals surface area contributed by atoms with Crippen LogP contribution in [0.15, 0.2) is 24.4 Å². The molecule has 0 bridgehead atoms. The van der Waals surface area contributed by atoms with Crippen LogP contribution in [0, 0.1) is 5.41 Å². The van der Waals surface area contributed by atoms with E-state index in [1.165, 1.54) is 0 Å². The van der Waals surface area contributed by atoms with Gasteiger partial charge in [-0.2, -0.15) is 0 Å². The lowest BCUT2D eigenvalue weighted by atomic mass is 10.3. The molecule has 1 rings (SSSR count). The topological polar surface area (TPSA) is 72.0 Å². The highest BCUT2D eigenvalue weighted by Gasteiger charge is 1.94. The Morgan fingerprint density at radius 2 is 2.29 bits per heavy atom. The SMILES string of the molecule is N=C(N)CCOCCc1ccccn1. The maximum atomic E-state index is 6.98. The minimum atomic E-state index is 0.169. The Morgan fingerprint density at radius 3 is 2.93 bits per heavy atom. The van der Waals surface area contributed by atoms with Gasteiger partial charge in [0.2, 0.25) is 0 Å². The third kappa shape index (κ3) is 4.57. The smallest absolute Gasteiger partial charge is 0.0928 e. The van der Waals surface area contributed by atoms with Gasteiger partial charge in [-0.25, -0.2) is 0 Å². The molecule has 0 aliphatic rings. The lowest BCUT2D eigenvalue weighted by molar-refractivity contribution is 0.143. The van der Waals surface area contributed by atoms with E-state index < -0.39 is 0 Å². The summed E-state index contributed by atoms with van der Waals surface area (Å²) in [6.07, 6.45) is 3.08. The summed E-state index contributed by atoms with van der Waals surface area (Å²) in [7, 11) is 0. The van der Waals surface area contributed by atoms with Gasteiger partial charge >= 0.3 is 0 Å². The van der Waals surface area contributed by atoms with Crippen LogP contribution in [-0.2, 0) is 11.2 Å². The Bertz CT molecular complexity index is 274. The predicted molar refractivity (Wildman–Crippen MR) is 55.3 cm³/mol. The van der Waals surface area contributed by atoms with E-state index in [0.717, 1.165) is 12.1 Å². The van der Waals surface area contributed by atoms with Gasteiger partial charge in [-0.05, 0) is 12.1 Å². The van der Waals surface area contributed by atoms with Crippen molar-refractivity contribution >= 4 is 5.84 Å². The molecule has 4 nitrogen and oxygen atoms in total. The number of nitrogens with zero attached hydrogens (tertiary/aromatic N) is 1. The minimum Gasteiger partial charge on any atom is -0.388 e. The van der Waals surface area contributed by atoms with E-state index in [-0.39, 0.29) is 5.84 Å². The van der Waals surface area contributed by atoms with Crippen LogP contribution in [0.5, 0.6) is 0 Å². The van der Waals surface area contributed by atoms with E-state index in [1.54, 1.807) is 6.20 Å². The quantitative estimate of drug-likeness (QED) is 0.401. The van der Waals surface area contributed by atoms with Crippen molar-refractivity contribution in [1.29, 1.82) is 5.41 Å². The molecule has 4 heteroatoms. The number of nitrogens with two attached hydrogens (primary N) is 1. The molecule has 1 aromatic rings. The second-order valence-electron chi connectivity index (χ2n) is 2.96. The highest BCUT2D eigenvalue weighted by atomic mass is 16.5. The number of hydrogen-bond acceptors (Lipinski definition) is 3. The average molecular weight is 193 g/mol. The Kier molecular flexibility index (Phi) is 4.64. The first-order chi connectivity index (χ1) is 6.79. The Hall–Kier alpha value is -1.42. The maximum absolute atomic E-state index is 6.98. The zero-order valence-electron chi connectivity index (χ0n) is 8.07. The van der Waals surface area contributed by atoms with Crippen LogP contribution in [0.1, 0.15) is 12.1 Å². The highest BCUT2D eigenvalue weighted by molar-refractivity contribution is 5.76. The number of pyridine rings is 1. The zero-order valence-corrected chi connectivity index (χ0v) is 8.07. The fourth-order valence-electron chi connectivity index (χ4n) is 1.01. The molecule has 76 valence electrons. The first kappa shape index (κ1) is 10.7. The fourth-order valence-corrected chi connectivity index (χ4v) is 1.01. The van der Waals surface area contributed by atoms with E-state index in [9.17, 15) is 0 Å². The largest absolute Gasteiger partial charge is 0.388 e. The molecule has 0 aliphatic carbocycles. The zero-order chi connectivity index (χ0) is 10.2. The third-order valence-electron chi connectivity index (χ3n) is 1.74. The Labute approximate surface area is 83.6 Å². The van der Waals surface area contributed by atoms with Crippen molar-refractivity contribution in [2.45, 2.75) is 12.8 Å². The van der Waals surface area contributed by atoms with Gasteiger partial charge in [0.15, 0.2) is 0 Å². The first-order valence-corrected chi connectivity index (χ1v) is 4.59. The summed E-state index contributed by atoms with van der Waals surface area (Å²) in [5, 5.41) is 6.98. The van der Waals surface area contributed by atoms with Gasteiger partial charge in [-0.1, -0.05) is 6.07 Å². The maximum Gasteiger partial charge on any atom is 0.0928 e. The molecule has 0 radical (unpaired) electrons. The van der Waals surface area contributed by atoms with Crippen LogP contribution >= 0.6 is 0 Å². The molecule has 0 saturated heterocycles. The molecule has 0 saturated carbocycles. The summed E-state index contributed by atoms with van der Waals surface area (Å²) in [6.45, 7) is 1.15. The molecule has 1 aromatic heterocycles. The molecule has 0 fully saturated rings. The van der Waals surface area contributed by atoms with Crippen molar-refractivity contribution in [2.75, 3.05) is 13.2 Å². The third-order valence-corrected chi connectivity index (χ3v) is 1.74. The van der Waals surface area contributed by atoms with Gasteiger partial charge in [0.05, 0.1) is 19.0 Å². The van der Waals surface area contributed by atoms with Gasteiger partial charge in [0.1, 0.15) is 0 Å². The lowest BCUT2D eigenvalue weighted by Crippen LogP contribution is -2.13. The second kappa shape index (κ2) is 6.10. The molecule has 0 aromatic carbocycles. The molecule has 0 aliphatic heterocycles. The van der Waals surface area contributed by atoms with Crippen LogP contribution < -0.4 is 5.73 Å². The summed E-state index contributed by atoms with van der Waals surface area (Å²) in [6, 6.07) is 5.81. The van der Waals surface area contributed by atoms with Crippen molar-refractivity contribution < 1.29 is 4.74 Å². The fraction of sp³-hybridized carbons (Fsp3) is 0.400. The predicted octanol–water partition coefficient (Wildman–Crippen LogP) is 0.967. The first-order valence-electron chi connectivity index (χ1n) is 4.59. The van der Waals surface area contributed by atoms with Gasteiger partial charge in [0.25, 0.3) is 0 Å². The average Bonchev–Trinajstić information content (AvgIpc) is 2.18. The van der Waals surface area contributed by atoms with Crippen molar-refractivity contribution in [2.24, 2.45) is 5.73 Å². The van der Waals surface area contributed by atoms with E-state index in [1.807, 2.05) is 18.2 Å². The number of nitrogens with one attached hydrogen (secondary N) is 1. The van der Waals surface area contributed by atoms with Gasteiger partial charge < -0.3 is 10.5 Å². The van der Waals surface area contributed by atoms with E-state index in [4.69, 9.17) is 15.9 Å². The van der Waals surface area contributed by atoms with Crippen LogP contribution in [0.3, 0.4) is 0 Å². The number of ether oxygens (including phenoxy) is 1. The molecule has 0 amide bonds. The summed E-state index contributed by atoms with van der Waals surface area (Å²) < 4.78 is 5.29. The van der Waals surface area contributed by atoms with Crippen LogP contribution in [-0.4, -0.2) is 24.0 Å². The van der Waals surface area contributed by atoms with E-state index >= 15 is 0 Å². The molecule has 1 heterocycles. The molecule has 14 heavy (non-hydrogen) atoms. The number of rotatable bonds is 6. The standard InChI is InChI=1S/C10H15N3O/c11-10(12)5-8-14-7-4-9-3-1-2-6-13-9/h1-3,6H,4-5,7-8H2,(H3,11,12). The van der Waals surface area contributed by atoms with Gasteiger partial charge in [-0.15, -0.1) is 0 Å². The summed E-state index contributed by atoms with van der Waals surface area (Å²) >= 11 is 0. The molecule has 0 unspecified atom stereocenters. The highest BCUT2D eigenvalue weighted by Crippen LogP contribution is 1.95. The van der Waals surface area contributed by atoms with Gasteiger partial charge in [-0.3, -0.25) is 10.4 Å². The summed E-state index contributed by atoms with van der Waals surface area (Å²) in [5.41, 5.74) is 6.20. The van der Waals surface area contributed by atoms with E-state index in [0.29, 0.717) is 19.6 Å². The number of amidine groups is 1. The Morgan fingerprint density at radius 1 is 1.43 bits per heavy atom. The molecular weight excluding hydrogens is 178 g/mol. The Balaban J connectivity index is 2.08. The molecular formula is C10H15N3O. The minimum absolute atomic E-state index is 0.169. The normalized spacial score (nSPS) is 10.0. The molecule has 3 N–H and O–H groups in total. The summed E-state index contributed by atoms with van der Waals surface area (Å²) in [5.74, 6) is 0.169. The lowest BCUT2D eigenvalue weighted by Gasteiger charge is -2.02. The monoisotopic (exact) mass is 193 g/mol. The molecule has 0 spiro atoms. The van der Waals surface area contributed by atoms with Crippen LogP contribution in [0.25, 0.3) is 0 Å². The van der Waals surface area contributed by atoms with Gasteiger partial charge in [0, 0.05) is 24.7 Å². The second-order valence-corrected chi connectivity index (χ2v) is 2.96. The van der Waals surface area contributed by atoms with Crippen molar-refractivity contribution in [3.8, 4) is 0 Å². The van der Waals surface area contributed by atoms with Crippen molar-refractivity contribution in [3.63, 3.8) is 0 Å². The van der Waals surface area contributed by atoms with Crippen molar-refractivity contribution in [3.05, 3.63) is 30.1 Å². The van der Waals surface area contributed by atoms with Crippen LogP contribution in [0.4, 0.5) is 0 Å². The number of hydrogen-bond donors (Lipinski definition) is 2. The molecule has 0 atom stereocenters.